The van der Waals surface area contributed by atoms with E-state index in [4.69, 9.17) is 4.74 Å². The van der Waals surface area contributed by atoms with E-state index in [1.54, 1.807) is 7.11 Å². The van der Waals surface area contributed by atoms with E-state index < -0.39 is 0 Å². The lowest BCUT2D eigenvalue weighted by atomic mass is 10.2. The maximum absolute atomic E-state index is 5.34. The zero-order valence-corrected chi connectivity index (χ0v) is 11.3. The van der Waals surface area contributed by atoms with Crippen molar-refractivity contribution in [2.24, 2.45) is 7.05 Å². The first-order valence-corrected chi connectivity index (χ1v) is 5.98. The molecule has 1 aromatic heterocycles. The molecule has 18 heavy (non-hydrogen) atoms. The summed E-state index contributed by atoms with van der Waals surface area (Å²) in [7, 11) is 3.62. The summed E-state index contributed by atoms with van der Waals surface area (Å²) in [4.78, 5) is 0. The number of aromatic nitrogens is 2. The second kappa shape index (κ2) is 5.12. The summed E-state index contributed by atoms with van der Waals surface area (Å²) >= 11 is 0. The summed E-state index contributed by atoms with van der Waals surface area (Å²) in [6.45, 7) is 4.84. The quantitative estimate of drug-likeness (QED) is 0.900. The minimum Gasteiger partial charge on any atom is -0.495 e. The van der Waals surface area contributed by atoms with Crippen molar-refractivity contribution in [1.29, 1.82) is 0 Å². The second-order valence-corrected chi connectivity index (χ2v) is 4.47. The Balaban J connectivity index is 2.14. The molecule has 0 radical (unpaired) electrons. The van der Waals surface area contributed by atoms with Gasteiger partial charge in [-0.1, -0.05) is 6.07 Å². The Labute approximate surface area is 108 Å². The number of ether oxygens (including phenoxy) is 1. The predicted octanol–water partition coefficient (Wildman–Crippen LogP) is 2.66. The van der Waals surface area contributed by atoms with E-state index in [-0.39, 0.29) is 0 Å². The number of rotatable bonds is 4. The Hall–Kier alpha value is -1.97. The van der Waals surface area contributed by atoms with Crippen LogP contribution < -0.4 is 10.1 Å². The molecule has 0 spiro atoms. The van der Waals surface area contributed by atoms with Gasteiger partial charge in [0.05, 0.1) is 18.5 Å². The van der Waals surface area contributed by atoms with Crippen LogP contribution in [0.15, 0.2) is 24.4 Å². The van der Waals surface area contributed by atoms with Crippen molar-refractivity contribution in [2.45, 2.75) is 20.4 Å². The third kappa shape index (κ3) is 2.64. The zero-order chi connectivity index (χ0) is 13.1. The lowest BCUT2D eigenvalue weighted by Gasteiger charge is -2.11. The van der Waals surface area contributed by atoms with Crippen LogP contribution in [0.1, 0.15) is 16.8 Å². The minimum absolute atomic E-state index is 0.749. The number of nitrogens with zero attached hydrogens (tertiary/aromatic N) is 2. The highest BCUT2D eigenvalue weighted by atomic mass is 16.5. The summed E-state index contributed by atoms with van der Waals surface area (Å²) in [5, 5.41) is 7.73. The van der Waals surface area contributed by atoms with Crippen molar-refractivity contribution in [3.8, 4) is 5.75 Å². The number of anilines is 1. The monoisotopic (exact) mass is 245 g/mol. The highest BCUT2D eigenvalue weighted by Crippen LogP contribution is 2.25. The summed E-state index contributed by atoms with van der Waals surface area (Å²) in [5.74, 6) is 0.863. The molecule has 1 heterocycles. The summed E-state index contributed by atoms with van der Waals surface area (Å²) in [6, 6.07) is 6.11. The van der Waals surface area contributed by atoms with E-state index in [1.807, 2.05) is 37.0 Å². The Morgan fingerprint density at radius 1 is 1.33 bits per heavy atom. The molecule has 0 fully saturated rings. The smallest absolute Gasteiger partial charge is 0.141 e. The molecule has 0 bridgehead atoms. The fourth-order valence-electron chi connectivity index (χ4n) is 1.97. The highest BCUT2D eigenvalue weighted by molar-refractivity contribution is 5.58. The van der Waals surface area contributed by atoms with Crippen molar-refractivity contribution < 1.29 is 4.74 Å². The van der Waals surface area contributed by atoms with Crippen LogP contribution in [0.3, 0.4) is 0 Å². The molecule has 1 N–H and O–H groups in total. The fourth-order valence-corrected chi connectivity index (χ4v) is 1.97. The maximum atomic E-state index is 5.34. The molecule has 0 saturated heterocycles. The van der Waals surface area contributed by atoms with E-state index in [1.165, 1.54) is 11.1 Å². The van der Waals surface area contributed by atoms with E-state index in [2.05, 4.69) is 23.4 Å². The van der Waals surface area contributed by atoms with E-state index in [0.717, 1.165) is 23.7 Å². The van der Waals surface area contributed by atoms with Gasteiger partial charge in [0.15, 0.2) is 0 Å². The van der Waals surface area contributed by atoms with Gasteiger partial charge in [-0.15, -0.1) is 0 Å². The van der Waals surface area contributed by atoms with Crippen molar-refractivity contribution in [1.82, 2.24) is 9.78 Å². The van der Waals surface area contributed by atoms with Gasteiger partial charge in [0.2, 0.25) is 0 Å². The predicted molar refractivity (Wildman–Crippen MR) is 73.0 cm³/mol. The average Bonchev–Trinajstić information content (AvgIpc) is 2.65. The molecule has 0 atom stereocenters. The molecule has 0 unspecified atom stereocenters. The molecule has 2 aromatic rings. The van der Waals surface area contributed by atoms with Gasteiger partial charge in [-0.3, -0.25) is 4.68 Å². The van der Waals surface area contributed by atoms with Gasteiger partial charge in [-0.05, 0) is 31.5 Å². The third-order valence-corrected chi connectivity index (χ3v) is 2.94. The van der Waals surface area contributed by atoms with Crippen LogP contribution in [0, 0.1) is 13.8 Å². The first-order chi connectivity index (χ1) is 8.60. The lowest BCUT2D eigenvalue weighted by molar-refractivity contribution is 0.416. The van der Waals surface area contributed by atoms with Crippen molar-refractivity contribution in [2.75, 3.05) is 12.4 Å². The molecule has 1 aromatic carbocycles. The van der Waals surface area contributed by atoms with Crippen LogP contribution >= 0.6 is 0 Å². The molecule has 0 aliphatic heterocycles. The Morgan fingerprint density at radius 3 is 2.72 bits per heavy atom. The van der Waals surface area contributed by atoms with Crippen LogP contribution in [0.4, 0.5) is 5.69 Å². The largest absolute Gasteiger partial charge is 0.495 e. The molecule has 4 nitrogen and oxygen atoms in total. The van der Waals surface area contributed by atoms with Gasteiger partial charge in [-0.2, -0.15) is 5.10 Å². The molecule has 96 valence electrons. The standard InChI is InChI=1S/C14H19N3O/c1-10-5-6-14(18-4)13(7-10)15-8-12-9-17(3)16-11(12)2/h5-7,9,15H,8H2,1-4H3. The van der Waals surface area contributed by atoms with Crippen LogP contribution in [0.5, 0.6) is 5.75 Å². The Morgan fingerprint density at radius 2 is 2.11 bits per heavy atom. The molecule has 0 aliphatic rings. The van der Waals surface area contributed by atoms with E-state index in [9.17, 15) is 0 Å². The topological polar surface area (TPSA) is 39.1 Å². The summed E-state index contributed by atoms with van der Waals surface area (Å²) in [5.41, 5.74) is 4.47. The number of hydrogen-bond acceptors (Lipinski definition) is 3. The third-order valence-electron chi connectivity index (χ3n) is 2.94. The fraction of sp³-hybridized carbons (Fsp3) is 0.357. The van der Waals surface area contributed by atoms with Crippen LogP contribution in [0.2, 0.25) is 0 Å². The molecule has 0 saturated carbocycles. The van der Waals surface area contributed by atoms with Crippen molar-refractivity contribution in [3.63, 3.8) is 0 Å². The highest BCUT2D eigenvalue weighted by Gasteiger charge is 2.06. The van der Waals surface area contributed by atoms with Crippen molar-refractivity contribution in [3.05, 3.63) is 41.2 Å². The van der Waals surface area contributed by atoms with E-state index in [0.29, 0.717) is 0 Å². The minimum atomic E-state index is 0.749. The van der Waals surface area contributed by atoms with Crippen LogP contribution in [-0.4, -0.2) is 16.9 Å². The molecule has 2 rings (SSSR count). The number of benzene rings is 1. The first kappa shape index (κ1) is 12.5. The van der Waals surface area contributed by atoms with Gasteiger partial charge in [-0.25, -0.2) is 0 Å². The summed E-state index contributed by atoms with van der Waals surface area (Å²) in [6.07, 6.45) is 2.03. The van der Waals surface area contributed by atoms with Gasteiger partial charge in [0.1, 0.15) is 5.75 Å². The molecule has 0 amide bonds. The Kier molecular flexibility index (Phi) is 3.55. The van der Waals surface area contributed by atoms with Crippen LogP contribution in [0.25, 0.3) is 0 Å². The molecule has 4 heteroatoms. The van der Waals surface area contributed by atoms with Gasteiger partial charge < -0.3 is 10.1 Å². The normalized spacial score (nSPS) is 10.4. The first-order valence-electron chi connectivity index (χ1n) is 5.98. The number of aryl methyl sites for hydroxylation is 3. The van der Waals surface area contributed by atoms with Gasteiger partial charge in [0, 0.05) is 25.4 Å². The van der Waals surface area contributed by atoms with Gasteiger partial charge >= 0.3 is 0 Å². The lowest BCUT2D eigenvalue weighted by Crippen LogP contribution is -2.02. The second-order valence-electron chi connectivity index (χ2n) is 4.47. The molecular formula is C14H19N3O. The molecular weight excluding hydrogens is 226 g/mol. The number of nitrogens with one attached hydrogen (secondary N) is 1. The maximum Gasteiger partial charge on any atom is 0.141 e. The van der Waals surface area contributed by atoms with Crippen LogP contribution in [-0.2, 0) is 13.6 Å². The number of hydrogen-bond donors (Lipinski definition) is 1. The average molecular weight is 245 g/mol. The summed E-state index contributed by atoms with van der Waals surface area (Å²) < 4.78 is 7.17. The van der Waals surface area contributed by atoms with E-state index >= 15 is 0 Å². The Bertz CT molecular complexity index is 546. The SMILES string of the molecule is COc1ccc(C)cc1NCc1cn(C)nc1C. The van der Waals surface area contributed by atoms with Crippen molar-refractivity contribution >= 4 is 5.69 Å². The zero-order valence-electron chi connectivity index (χ0n) is 11.3. The molecule has 0 aliphatic carbocycles. The number of methoxy groups -OCH3 is 1. The van der Waals surface area contributed by atoms with Gasteiger partial charge in [0.25, 0.3) is 0 Å².